The summed E-state index contributed by atoms with van der Waals surface area (Å²) in [5.41, 5.74) is 6.56. The molecule has 1 heteroatoms. The van der Waals surface area contributed by atoms with Gasteiger partial charge in [0.25, 0.3) is 0 Å². The molecule has 11 rings (SSSR count). The van der Waals surface area contributed by atoms with Gasteiger partial charge in [-0.25, -0.2) is 0 Å². The topological polar surface area (TPSA) is 13.1 Å². The van der Waals surface area contributed by atoms with Crippen molar-refractivity contribution in [2.24, 2.45) is 0 Å². The summed E-state index contributed by atoms with van der Waals surface area (Å²) in [5, 5.41) is 17.4. The van der Waals surface area contributed by atoms with Gasteiger partial charge in [0.05, 0.1) is 0 Å². The third-order valence-corrected chi connectivity index (χ3v) is 10.4. The van der Waals surface area contributed by atoms with Crippen LogP contribution in [-0.4, -0.2) is 0 Å². The highest BCUT2D eigenvalue weighted by atomic mass is 16.3. The molecule has 0 aliphatic carbocycles. The first-order valence-corrected chi connectivity index (χ1v) is 16.3. The Labute approximate surface area is 270 Å². The molecule has 216 valence electrons. The Kier molecular flexibility index (Phi) is 4.90. The van der Waals surface area contributed by atoms with Gasteiger partial charge in [0.2, 0.25) is 0 Å². The number of hydrogen-bond donors (Lipinski definition) is 0. The van der Waals surface area contributed by atoms with Crippen LogP contribution in [0.15, 0.2) is 162 Å². The van der Waals surface area contributed by atoms with Crippen LogP contribution in [0.5, 0.6) is 0 Å². The molecule has 11 aromatic rings. The zero-order chi connectivity index (χ0) is 30.6. The quantitative estimate of drug-likeness (QED) is 0.182. The molecule has 0 atom stereocenters. The molecule has 0 bridgehead atoms. The van der Waals surface area contributed by atoms with Gasteiger partial charge >= 0.3 is 0 Å². The summed E-state index contributed by atoms with van der Waals surface area (Å²) in [5.74, 6) is 0. The average Bonchev–Trinajstić information content (AvgIpc) is 3.54. The Bertz CT molecular complexity index is 3050. The molecule has 0 amide bonds. The van der Waals surface area contributed by atoms with Gasteiger partial charge in [-0.15, -0.1) is 0 Å². The predicted octanol–water partition coefficient (Wildman–Crippen LogP) is 13.3. The van der Waals surface area contributed by atoms with Crippen molar-refractivity contribution < 1.29 is 4.42 Å². The summed E-state index contributed by atoms with van der Waals surface area (Å²) >= 11 is 0. The molecule has 0 aliphatic heterocycles. The summed E-state index contributed by atoms with van der Waals surface area (Å²) in [4.78, 5) is 0. The van der Waals surface area contributed by atoms with Gasteiger partial charge < -0.3 is 4.42 Å². The van der Waals surface area contributed by atoms with Crippen molar-refractivity contribution in [2.75, 3.05) is 0 Å². The molecule has 0 spiro atoms. The Balaban J connectivity index is 1.26. The average molecular weight is 595 g/mol. The number of fused-ring (bicyclic) bond motifs is 8. The third kappa shape index (κ3) is 3.43. The van der Waals surface area contributed by atoms with Crippen molar-refractivity contribution >= 4 is 86.6 Å². The zero-order valence-corrected chi connectivity index (χ0v) is 25.4. The van der Waals surface area contributed by atoms with E-state index in [1.54, 1.807) is 0 Å². The van der Waals surface area contributed by atoms with E-state index in [9.17, 15) is 0 Å². The lowest BCUT2D eigenvalue weighted by Gasteiger charge is -2.15. The van der Waals surface area contributed by atoms with Gasteiger partial charge in [-0.3, -0.25) is 0 Å². The fourth-order valence-corrected chi connectivity index (χ4v) is 8.20. The van der Waals surface area contributed by atoms with Gasteiger partial charge in [0.15, 0.2) is 0 Å². The summed E-state index contributed by atoms with van der Waals surface area (Å²) in [7, 11) is 0. The summed E-state index contributed by atoms with van der Waals surface area (Å²) in [6.45, 7) is 0. The Morgan fingerprint density at radius 3 is 1.68 bits per heavy atom. The predicted molar refractivity (Wildman–Crippen MR) is 201 cm³/mol. The van der Waals surface area contributed by atoms with Crippen LogP contribution in [0.1, 0.15) is 0 Å². The lowest BCUT2D eigenvalue weighted by Crippen LogP contribution is -1.89. The fourth-order valence-electron chi connectivity index (χ4n) is 8.20. The SMILES string of the molecule is c1ccc2c(c1)ccc1ccc(-c3ccc(-c4ccc5ccc6cccc7ccc4c5c67)c4oc5c6ccccc6ccc5c34)cc12. The molecule has 0 unspecified atom stereocenters. The van der Waals surface area contributed by atoms with Crippen LogP contribution in [0.2, 0.25) is 0 Å². The van der Waals surface area contributed by atoms with E-state index in [0.717, 1.165) is 32.9 Å². The second kappa shape index (κ2) is 9.19. The number of hydrogen-bond acceptors (Lipinski definition) is 1. The minimum absolute atomic E-state index is 0.932. The van der Waals surface area contributed by atoms with E-state index in [0.29, 0.717) is 0 Å². The minimum Gasteiger partial charge on any atom is -0.455 e. The van der Waals surface area contributed by atoms with E-state index in [4.69, 9.17) is 4.42 Å². The summed E-state index contributed by atoms with van der Waals surface area (Å²) in [6, 6.07) is 57.8. The van der Waals surface area contributed by atoms with Crippen molar-refractivity contribution in [3.63, 3.8) is 0 Å². The molecule has 0 fully saturated rings. The molecule has 0 N–H and O–H groups in total. The van der Waals surface area contributed by atoms with E-state index >= 15 is 0 Å². The van der Waals surface area contributed by atoms with Crippen molar-refractivity contribution in [3.05, 3.63) is 158 Å². The van der Waals surface area contributed by atoms with Crippen LogP contribution in [0.25, 0.3) is 109 Å². The normalized spacial score (nSPS) is 12.3. The van der Waals surface area contributed by atoms with E-state index in [1.165, 1.54) is 75.9 Å². The first-order chi connectivity index (χ1) is 23.3. The van der Waals surface area contributed by atoms with Crippen LogP contribution < -0.4 is 0 Å². The molecule has 10 aromatic carbocycles. The highest BCUT2D eigenvalue weighted by molar-refractivity contribution is 6.28. The van der Waals surface area contributed by atoms with Crippen LogP contribution in [0.4, 0.5) is 0 Å². The van der Waals surface area contributed by atoms with Gasteiger partial charge in [0, 0.05) is 21.7 Å². The first-order valence-electron chi connectivity index (χ1n) is 16.3. The standard InChI is InChI=1S/C46H26O/c1-3-10-34-27(6-1)12-13-29-14-17-33(26-41(29)34)35-24-25-39(46-44(35)40-23-18-28-7-2-4-11-36(28)45(40)47-46)37-21-19-32-16-15-30-8-5-9-31-20-22-38(37)43(32)42(30)31/h1-26H. The molecular weight excluding hydrogens is 569 g/mol. The highest BCUT2D eigenvalue weighted by Crippen LogP contribution is 2.47. The molecule has 1 aromatic heterocycles. The van der Waals surface area contributed by atoms with Crippen molar-refractivity contribution in [1.29, 1.82) is 0 Å². The van der Waals surface area contributed by atoms with Crippen molar-refractivity contribution in [3.8, 4) is 22.3 Å². The molecule has 0 radical (unpaired) electrons. The molecule has 1 heterocycles. The molecule has 47 heavy (non-hydrogen) atoms. The zero-order valence-electron chi connectivity index (χ0n) is 25.4. The lowest BCUT2D eigenvalue weighted by molar-refractivity contribution is 0.674. The van der Waals surface area contributed by atoms with Crippen LogP contribution in [0.3, 0.4) is 0 Å². The number of benzene rings is 10. The van der Waals surface area contributed by atoms with Gasteiger partial charge in [0.1, 0.15) is 11.2 Å². The maximum atomic E-state index is 7.06. The Morgan fingerprint density at radius 2 is 0.830 bits per heavy atom. The van der Waals surface area contributed by atoms with E-state index in [-0.39, 0.29) is 0 Å². The second-order valence-corrected chi connectivity index (χ2v) is 12.8. The maximum Gasteiger partial charge on any atom is 0.143 e. The maximum absolute atomic E-state index is 7.06. The largest absolute Gasteiger partial charge is 0.455 e. The monoisotopic (exact) mass is 594 g/mol. The molecule has 0 saturated carbocycles. The van der Waals surface area contributed by atoms with Crippen molar-refractivity contribution in [2.45, 2.75) is 0 Å². The smallest absolute Gasteiger partial charge is 0.143 e. The number of furan rings is 1. The van der Waals surface area contributed by atoms with Crippen LogP contribution >= 0.6 is 0 Å². The molecule has 1 nitrogen and oxygen atoms in total. The third-order valence-electron chi connectivity index (χ3n) is 10.4. The fraction of sp³-hybridized carbons (Fsp3) is 0. The number of rotatable bonds is 2. The summed E-state index contributed by atoms with van der Waals surface area (Å²) in [6.07, 6.45) is 0. The van der Waals surface area contributed by atoms with E-state index < -0.39 is 0 Å². The van der Waals surface area contributed by atoms with Crippen molar-refractivity contribution in [1.82, 2.24) is 0 Å². The highest BCUT2D eigenvalue weighted by Gasteiger charge is 2.21. The second-order valence-electron chi connectivity index (χ2n) is 12.8. The van der Waals surface area contributed by atoms with Crippen LogP contribution in [-0.2, 0) is 0 Å². The van der Waals surface area contributed by atoms with Gasteiger partial charge in [-0.05, 0) is 94.1 Å². The van der Waals surface area contributed by atoms with Gasteiger partial charge in [-0.2, -0.15) is 0 Å². The first kappa shape index (κ1) is 25.1. The van der Waals surface area contributed by atoms with Gasteiger partial charge in [-0.1, -0.05) is 140 Å². The molecule has 0 aliphatic rings. The lowest BCUT2D eigenvalue weighted by atomic mass is 9.88. The van der Waals surface area contributed by atoms with Crippen LogP contribution in [0, 0.1) is 0 Å². The van der Waals surface area contributed by atoms with E-state index in [1.807, 2.05) is 0 Å². The summed E-state index contributed by atoms with van der Waals surface area (Å²) < 4.78 is 7.06. The molecular formula is C46H26O. The minimum atomic E-state index is 0.932. The van der Waals surface area contributed by atoms with E-state index in [2.05, 4.69) is 158 Å². The molecule has 0 saturated heterocycles. The Hall–Kier alpha value is -6.18. The Morgan fingerprint density at radius 1 is 0.277 bits per heavy atom.